The summed E-state index contributed by atoms with van der Waals surface area (Å²) < 4.78 is 30.7. The van der Waals surface area contributed by atoms with Gasteiger partial charge in [-0.25, -0.2) is 4.39 Å². The Bertz CT molecular complexity index is 780. The van der Waals surface area contributed by atoms with Crippen molar-refractivity contribution < 1.29 is 28.5 Å². The number of carbonyl (C=O) groups excluding carboxylic acids is 1. The smallest absolute Gasteiger partial charge is 0.258 e. The average molecular weight is 375 g/mol. The molecular weight excluding hydrogens is 353 g/mol. The molecule has 1 heterocycles. The Balaban J connectivity index is 1.72. The third kappa shape index (κ3) is 4.56. The normalized spacial score (nSPS) is 19.4. The first-order chi connectivity index (χ1) is 13.1. The second kappa shape index (κ2) is 8.83. The van der Waals surface area contributed by atoms with Crippen LogP contribution in [-0.4, -0.2) is 43.5 Å². The third-order valence-electron chi connectivity index (χ3n) is 4.44. The number of nitrogens with one attached hydrogen (secondary N) is 1. The molecule has 27 heavy (non-hydrogen) atoms. The molecule has 7 heteroatoms. The SMILES string of the molecule is COc1cccc(F)c1C(=O)N[C@@H]1CCOC[C@H]1Oc1ccc(CO)cc1. The molecule has 144 valence electrons. The third-order valence-corrected chi connectivity index (χ3v) is 4.44. The van der Waals surface area contributed by atoms with Crippen LogP contribution in [0.3, 0.4) is 0 Å². The number of benzene rings is 2. The van der Waals surface area contributed by atoms with E-state index in [1.54, 1.807) is 30.3 Å². The van der Waals surface area contributed by atoms with E-state index in [2.05, 4.69) is 5.32 Å². The monoisotopic (exact) mass is 375 g/mol. The molecule has 1 aliphatic heterocycles. The van der Waals surface area contributed by atoms with Gasteiger partial charge in [-0.05, 0) is 36.2 Å². The van der Waals surface area contributed by atoms with Gasteiger partial charge in [-0.1, -0.05) is 18.2 Å². The lowest BCUT2D eigenvalue weighted by molar-refractivity contribution is -0.0135. The Morgan fingerprint density at radius 3 is 2.78 bits per heavy atom. The molecule has 0 aliphatic carbocycles. The maximum absolute atomic E-state index is 14.1. The molecule has 2 atom stereocenters. The number of carbonyl (C=O) groups is 1. The zero-order chi connectivity index (χ0) is 19.2. The van der Waals surface area contributed by atoms with Crippen molar-refractivity contribution in [2.45, 2.75) is 25.2 Å². The zero-order valence-corrected chi connectivity index (χ0v) is 15.0. The van der Waals surface area contributed by atoms with Gasteiger partial charge in [0.05, 0.1) is 26.4 Å². The number of halogens is 1. The van der Waals surface area contributed by atoms with E-state index in [0.717, 1.165) is 5.56 Å². The Hall–Kier alpha value is -2.64. The molecule has 1 saturated heterocycles. The Morgan fingerprint density at radius 2 is 2.07 bits per heavy atom. The minimum Gasteiger partial charge on any atom is -0.496 e. The van der Waals surface area contributed by atoms with Gasteiger partial charge in [0.1, 0.15) is 29.0 Å². The molecule has 2 aromatic carbocycles. The van der Waals surface area contributed by atoms with Crippen molar-refractivity contribution >= 4 is 5.91 Å². The second-order valence-electron chi connectivity index (χ2n) is 6.22. The van der Waals surface area contributed by atoms with E-state index < -0.39 is 17.8 Å². The van der Waals surface area contributed by atoms with Crippen molar-refractivity contribution in [3.05, 3.63) is 59.4 Å². The first-order valence-electron chi connectivity index (χ1n) is 8.70. The van der Waals surface area contributed by atoms with Gasteiger partial charge >= 0.3 is 0 Å². The average Bonchev–Trinajstić information content (AvgIpc) is 2.69. The fourth-order valence-electron chi connectivity index (χ4n) is 2.98. The number of amides is 1. The molecule has 0 saturated carbocycles. The predicted molar refractivity (Wildman–Crippen MR) is 96.4 cm³/mol. The summed E-state index contributed by atoms with van der Waals surface area (Å²) in [5.74, 6) is -0.418. The molecule has 1 amide bonds. The highest BCUT2D eigenvalue weighted by atomic mass is 19.1. The predicted octanol–water partition coefficient (Wildman–Crippen LogP) is 2.29. The lowest BCUT2D eigenvalue weighted by atomic mass is 10.0. The number of aliphatic hydroxyl groups is 1. The summed E-state index contributed by atoms with van der Waals surface area (Å²) in [6, 6.07) is 10.9. The van der Waals surface area contributed by atoms with Crippen LogP contribution in [0.25, 0.3) is 0 Å². The number of ether oxygens (including phenoxy) is 3. The van der Waals surface area contributed by atoms with Crippen molar-refractivity contribution in [1.29, 1.82) is 0 Å². The highest BCUT2D eigenvalue weighted by molar-refractivity contribution is 5.97. The van der Waals surface area contributed by atoms with Crippen LogP contribution in [0.2, 0.25) is 0 Å². The summed E-state index contributed by atoms with van der Waals surface area (Å²) in [6.45, 7) is 0.736. The highest BCUT2D eigenvalue weighted by Gasteiger charge is 2.30. The molecular formula is C20H22FNO5. The molecule has 0 bridgehead atoms. The van der Waals surface area contributed by atoms with Crippen LogP contribution in [0.4, 0.5) is 4.39 Å². The molecule has 0 aromatic heterocycles. The van der Waals surface area contributed by atoms with Crippen molar-refractivity contribution in [2.24, 2.45) is 0 Å². The van der Waals surface area contributed by atoms with E-state index in [1.807, 2.05) is 0 Å². The van der Waals surface area contributed by atoms with E-state index in [1.165, 1.54) is 19.2 Å². The van der Waals surface area contributed by atoms with Gasteiger partial charge in [0.25, 0.3) is 5.91 Å². The summed E-state index contributed by atoms with van der Waals surface area (Å²) in [5.41, 5.74) is 0.649. The number of rotatable bonds is 6. The highest BCUT2D eigenvalue weighted by Crippen LogP contribution is 2.23. The van der Waals surface area contributed by atoms with E-state index in [9.17, 15) is 9.18 Å². The first-order valence-corrected chi connectivity index (χ1v) is 8.70. The van der Waals surface area contributed by atoms with Gasteiger partial charge in [-0.3, -0.25) is 4.79 Å². The fraction of sp³-hybridized carbons (Fsp3) is 0.350. The van der Waals surface area contributed by atoms with Crippen LogP contribution in [0.5, 0.6) is 11.5 Å². The van der Waals surface area contributed by atoms with Crippen molar-refractivity contribution in [3.8, 4) is 11.5 Å². The van der Waals surface area contributed by atoms with E-state index >= 15 is 0 Å². The van der Waals surface area contributed by atoms with Crippen LogP contribution in [0.15, 0.2) is 42.5 Å². The van der Waals surface area contributed by atoms with E-state index in [4.69, 9.17) is 19.3 Å². The van der Waals surface area contributed by atoms with E-state index in [-0.39, 0.29) is 24.0 Å². The maximum Gasteiger partial charge on any atom is 0.258 e. The summed E-state index contributed by atoms with van der Waals surface area (Å²) in [6.07, 6.45) is 0.127. The lowest BCUT2D eigenvalue weighted by Gasteiger charge is -2.32. The van der Waals surface area contributed by atoms with Crippen molar-refractivity contribution in [1.82, 2.24) is 5.32 Å². The minimum absolute atomic E-state index is 0.0457. The quantitative estimate of drug-likeness (QED) is 0.810. The molecule has 2 aromatic rings. The Morgan fingerprint density at radius 1 is 1.30 bits per heavy atom. The molecule has 1 aliphatic rings. The first kappa shape index (κ1) is 19.1. The largest absolute Gasteiger partial charge is 0.496 e. The Kier molecular flexibility index (Phi) is 6.26. The standard InChI is InChI=1S/C20H22FNO5/c1-25-17-4-2-3-15(21)19(17)20(24)22-16-9-10-26-12-18(16)27-14-7-5-13(11-23)6-8-14/h2-8,16,18,23H,9-12H2,1H3,(H,22,24)/t16-,18-/m1/s1. The van der Waals surface area contributed by atoms with Gasteiger partial charge < -0.3 is 24.6 Å². The summed E-state index contributed by atoms with van der Waals surface area (Å²) in [4.78, 5) is 12.6. The molecule has 6 nitrogen and oxygen atoms in total. The zero-order valence-electron chi connectivity index (χ0n) is 15.0. The van der Waals surface area contributed by atoms with Crippen LogP contribution in [0, 0.1) is 5.82 Å². The van der Waals surface area contributed by atoms with Gasteiger partial charge in [0.2, 0.25) is 0 Å². The maximum atomic E-state index is 14.1. The lowest BCUT2D eigenvalue weighted by Crippen LogP contribution is -2.51. The summed E-state index contributed by atoms with van der Waals surface area (Å²) in [5, 5.41) is 12.0. The Labute approximate surface area is 156 Å². The molecule has 3 rings (SSSR count). The fourth-order valence-corrected chi connectivity index (χ4v) is 2.98. The number of methoxy groups -OCH3 is 1. The van der Waals surface area contributed by atoms with Crippen LogP contribution >= 0.6 is 0 Å². The topological polar surface area (TPSA) is 77.0 Å². The van der Waals surface area contributed by atoms with Crippen molar-refractivity contribution in [3.63, 3.8) is 0 Å². The van der Waals surface area contributed by atoms with Crippen LogP contribution in [0.1, 0.15) is 22.3 Å². The number of hydrogen-bond donors (Lipinski definition) is 2. The summed E-state index contributed by atoms with van der Waals surface area (Å²) >= 11 is 0. The van der Waals surface area contributed by atoms with Gasteiger partial charge in [-0.15, -0.1) is 0 Å². The molecule has 2 N–H and O–H groups in total. The van der Waals surface area contributed by atoms with Gasteiger partial charge in [0, 0.05) is 6.61 Å². The van der Waals surface area contributed by atoms with Gasteiger partial charge in [-0.2, -0.15) is 0 Å². The minimum atomic E-state index is -0.643. The van der Waals surface area contributed by atoms with Crippen molar-refractivity contribution in [2.75, 3.05) is 20.3 Å². The van der Waals surface area contributed by atoms with Gasteiger partial charge in [0.15, 0.2) is 0 Å². The van der Waals surface area contributed by atoms with Crippen LogP contribution < -0.4 is 14.8 Å². The molecule has 1 fully saturated rings. The second-order valence-corrected chi connectivity index (χ2v) is 6.22. The van der Waals surface area contributed by atoms with Crippen LogP contribution in [-0.2, 0) is 11.3 Å². The number of aliphatic hydroxyl groups excluding tert-OH is 1. The molecule has 0 radical (unpaired) electrons. The molecule has 0 unspecified atom stereocenters. The number of hydrogen-bond acceptors (Lipinski definition) is 5. The molecule has 0 spiro atoms. The summed E-state index contributed by atoms with van der Waals surface area (Å²) in [7, 11) is 1.39. The van der Waals surface area contributed by atoms with E-state index in [0.29, 0.717) is 25.4 Å².